The third kappa shape index (κ3) is 3.91. The van der Waals surface area contributed by atoms with Gasteiger partial charge in [0, 0.05) is 24.4 Å². The van der Waals surface area contributed by atoms with Crippen LogP contribution in [0.5, 0.6) is 0 Å². The first-order chi connectivity index (χ1) is 7.56. The van der Waals surface area contributed by atoms with Crippen molar-refractivity contribution >= 4 is 0 Å². The Labute approximate surface area is 98.5 Å². The van der Waals surface area contributed by atoms with Gasteiger partial charge in [0.25, 0.3) is 0 Å². The summed E-state index contributed by atoms with van der Waals surface area (Å²) in [7, 11) is 0. The lowest BCUT2D eigenvalue weighted by molar-refractivity contribution is 0.434. The van der Waals surface area contributed by atoms with Crippen molar-refractivity contribution in [3.05, 3.63) is 30.1 Å². The van der Waals surface area contributed by atoms with E-state index in [0.717, 1.165) is 19.6 Å². The fourth-order valence-electron chi connectivity index (χ4n) is 1.58. The molecule has 16 heavy (non-hydrogen) atoms. The fraction of sp³-hybridized carbons (Fsp3) is 0.615. The van der Waals surface area contributed by atoms with Crippen molar-refractivity contribution in [1.82, 2.24) is 10.3 Å². The molecule has 1 rings (SSSR count). The van der Waals surface area contributed by atoms with E-state index in [1.807, 2.05) is 18.5 Å². The van der Waals surface area contributed by atoms with Crippen LogP contribution in [0.4, 0.5) is 0 Å². The minimum Gasteiger partial charge on any atom is -0.330 e. The van der Waals surface area contributed by atoms with E-state index in [9.17, 15) is 0 Å². The predicted octanol–water partition coefficient (Wildman–Crippen LogP) is 1.54. The number of aromatic nitrogens is 1. The number of nitrogens with zero attached hydrogens (tertiary/aromatic N) is 1. The topological polar surface area (TPSA) is 50.9 Å². The van der Waals surface area contributed by atoms with Gasteiger partial charge in [0.15, 0.2) is 0 Å². The molecule has 0 amide bonds. The molecule has 1 aromatic heterocycles. The average molecular weight is 221 g/mol. The van der Waals surface area contributed by atoms with Gasteiger partial charge in [-0.05, 0) is 30.6 Å². The second kappa shape index (κ2) is 5.97. The molecular weight excluding hydrogens is 198 g/mol. The van der Waals surface area contributed by atoms with Crippen molar-refractivity contribution < 1.29 is 0 Å². The van der Waals surface area contributed by atoms with E-state index in [4.69, 9.17) is 5.73 Å². The second-order valence-corrected chi connectivity index (χ2v) is 5.10. The Morgan fingerprint density at radius 1 is 1.50 bits per heavy atom. The van der Waals surface area contributed by atoms with Crippen LogP contribution in [0.25, 0.3) is 0 Å². The monoisotopic (exact) mass is 221 g/mol. The van der Waals surface area contributed by atoms with Gasteiger partial charge in [-0.3, -0.25) is 4.98 Å². The fourth-order valence-corrected chi connectivity index (χ4v) is 1.58. The van der Waals surface area contributed by atoms with Crippen LogP contribution >= 0.6 is 0 Å². The zero-order chi connectivity index (χ0) is 12.0. The van der Waals surface area contributed by atoms with Crippen LogP contribution in [-0.2, 0) is 5.41 Å². The smallest absolute Gasteiger partial charge is 0.0305 e. The lowest BCUT2D eigenvalue weighted by atomic mass is 9.85. The van der Waals surface area contributed by atoms with Gasteiger partial charge in [0.1, 0.15) is 0 Å². The number of nitrogens with one attached hydrogen (secondary N) is 1. The molecule has 3 heteroatoms. The molecule has 0 spiro atoms. The van der Waals surface area contributed by atoms with E-state index < -0.39 is 0 Å². The quantitative estimate of drug-likeness (QED) is 0.766. The summed E-state index contributed by atoms with van der Waals surface area (Å²) in [6, 6.07) is 4.11. The van der Waals surface area contributed by atoms with E-state index in [0.29, 0.717) is 5.92 Å². The second-order valence-electron chi connectivity index (χ2n) is 5.10. The van der Waals surface area contributed by atoms with Gasteiger partial charge >= 0.3 is 0 Å². The van der Waals surface area contributed by atoms with E-state index in [1.165, 1.54) is 5.56 Å². The van der Waals surface area contributed by atoms with Crippen molar-refractivity contribution in [3.63, 3.8) is 0 Å². The first-order valence-electron chi connectivity index (χ1n) is 5.87. The van der Waals surface area contributed by atoms with Crippen molar-refractivity contribution in [2.45, 2.75) is 26.2 Å². The van der Waals surface area contributed by atoms with Gasteiger partial charge in [-0.25, -0.2) is 0 Å². The lowest BCUT2D eigenvalue weighted by Gasteiger charge is -2.26. The highest BCUT2D eigenvalue weighted by Gasteiger charge is 2.20. The zero-order valence-corrected chi connectivity index (χ0v) is 10.5. The van der Waals surface area contributed by atoms with E-state index in [-0.39, 0.29) is 5.41 Å². The molecule has 0 aliphatic carbocycles. The van der Waals surface area contributed by atoms with Gasteiger partial charge < -0.3 is 11.1 Å². The van der Waals surface area contributed by atoms with Gasteiger partial charge in [0.2, 0.25) is 0 Å². The van der Waals surface area contributed by atoms with Crippen molar-refractivity contribution in [3.8, 4) is 0 Å². The predicted molar refractivity (Wildman–Crippen MR) is 68.4 cm³/mol. The Kier molecular flexibility index (Phi) is 4.90. The van der Waals surface area contributed by atoms with Crippen LogP contribution in [0.3, 0.4) is 0 Å². The SMILES string of the molecule is CC(CN)CNCC(C)(C)c1cccnc1. The van der Waals surface area contributed by atoms with Crippen LogP contribution in [0.15, 0.2) is 24.5 Å². The molecule has 0 aliphatic heterocycles. The summed E-state index contributed by atoms with van der Waals surface area (Å²) >= 11 is 0. The van der Waals surface area contributed by atoms with E-state index in [1.54, 1.807) is 0 Å². The minimum absolute atomic E-state index is 0.114. The van der Waals surface area contributed by atoms with Gasteiger partial charge in [-0.15, -0.1) is 0 Å². The molecule has 0 saturated carbocycles. The highest BCUT2D eigenvalue weighted by molar-refractivity contribution is 5.19. The molecule has 1 unspecified atom stereocenters. The molecular formula is C13H23N3. The lowest BCUT2D eigenvalue weighted by Crippen LogP contribution is -2.36. The molecule has 0 fully saturated rings. The number of hydrogen-bond donors (Lipinski definition) is 2. The molecule has 3 nitrogen and oxygen atoms in total. The molecule has 1 aromatic rings. The Hall–Kier alpha value is -0.930. The normalized spacial score (nSPS) is 13.8. The third-order valence-electron chi connectivity index (χ3n) is 2.91. The van der Waals surface area contributed by atoms with Crippen molar-refractivity contribution in [1.29, 1.82) is 0 Å². The molecule has 0 saturated heterocycles. The van der Waals surface area contributed by atoms with Crippen molar-refractivity contribution in [2.75, 3.05) is 19.6 Å². The maximum atomic E-state index is 5.58. The molecule has 0 bridgehead atoms. The first-order valence-corrected chi connectivity index (χ1v) is 5.87. The third-order valence-corrected chi connectivity index (χ3v) is 2.91. The summed E-state index contributed by atoms with van der Waals surface area (Å²) < 4.78 is 0. The summed E-state index contributed by atoms with van der Waals surface area (Å²) in [4.78, 5) is 4.16. The minimum atomic E-state index is 0.114. The molecule has 0 aliphatic rings. The Morgan fingerprint density at radius 3 is 2.81 bits per heavy atom. The Bertz CT molecular complexity index is 295. The molecule has 0 aromatic carbocycles. The largest absolute Gasteiger partial charge is 0.330 e. The summed E-state index contributed by atoms with van der Waals surface area (Å²) in [5.41, 5.74) is 6.96. The van der Waals surface area contributed by atoms with Gasteiger partial charge in [-0.2, -0.15) is 0 Å². The van der Waals surface area contributed by atoms with Crippen LogP contribution in [-0.4, -0.2) is 24.6 Å². The standard InChI is InChI=1S/C13H23N3/c1-11(7-14)8-16-10-13(2,3)12-5-4-6-15-9-12/h4-6,9,11,16H,7-8,10,14H2,1-3H3. The summed E-state index contributed by atoms with van der Waals surface area (Å²) in [6.45, 7) is 9.27. The number of hydrogen-bond acceptors (Lipinski definition) is 3. The van der Waals surface area contributed by atoms with Crippen LogP contribution < -0.4 is 11.1 Å². The molecule has 3 N–H and O–H groups in total. The molecule has 1 heterocycles. The number of pyridine rings is 1. The maximum Gasteiger partial charge on any atom is 0.0305 e. The maximum absolute atomic E-state index is 5.58. The Balaban J connectivity index is 2.46. The molecule has 90 valence electrons. The Morgan fingerprint density at radius 2 is 2.25 bits per heavy atom. The summed E-state index contributed by atoms with van der Waals surface area (Å²) in [5.74, 6) is 0.532. The highest BCUT2D eigenvalue weighted by atomic mass is 14.9. The van der Waals surface area contributed by atoms with Crippen LogP contribution in [0.2, 0.25) is 0 Å². The summed E-state index contributed by atoms with van der Waals surface area (Å²) in [6.07, 6.45) is 3.75. The summed E-state index contributed by atoms with van der Waals surface area (Å²) in [5, 5.41) is 3.47. The van der Waals surface area contributed by atoms with E-state index >= 15 is 0 Å². The first kappa shape index (κ1) is 13.1. The van der Waals surface area contributed by atoms with Crippen LogP contribution in [0.1, 0.15) is 26.3 Å². The average Bonchev–Trinajstić information content (AvgIpc) is 2.30. The van der Waals surface area contributed by atoms with E-state index in [2.05, 4.69) is 37.1 Å². The molecule has 1 atom stereocenters. The highest BCUT2D eigenvalue weighted by Crippen LogP contribution is 2.20. The van der Waals surface area contributed by atoms with Crippen LogP contribution in [0, 0.1) is 5.92 Å². The number of nitrogens with two attached hydrogens (primary N) is 1. The van der Waals surface area contributed by atoms with Gasteiger partial charge in [-0.1, -0.05) is 26.8 Å². The van der Waals surface area contributed by atoms with Gasteiger partial charge in [0.05, 0.1) is 0 Å². The molecule has 0 radical (unpaired) electrons. The zero-order valence-electron chi connectivity index (χ0n) is 10.5. The van der Waals surface area contributed by atoms with Crippen molar-refractivity contribution in [2.24, 2.45) is 11.7 Å². The number of rotatable bonds is 6.